The molecule has 0 amide bonds. The zero-order valence-electron chi connectivity index (χ0n) is 31.1. The second kappa shape index (κ2) is 12.8. The Hall–Kier alpha value is -7.89. The maximum Gasteiger partial charge on any atom is 0.164 e. The van der Waals surface area contributed by atoms with Crippen molar-refractivity contribution < 1.29 is 8.83 Å². The summed E-state index contributed by atoms with van der Waals surface area (Å²) in [6, 6.07) is 65.3. The summed E-state index contributed by atoms with van der Waals surface area (Å²) in [6.07, 6.45) is 0. The minimum Gasteiger partial charge on any atom is -0.456 e. The number of benzene rings is 9. The van der Waals surface area contributed by atoms with Crippen LogP contribution in [0.2, 0.25) is 0 Å². The van der Waals surface area contributed by atoms with E-state index >= 15 is 0 Å². The van der Waals surface area contributed by atoms with Crippen LogP contribution in [0.5, 0.6) is 0 Å². The third-order valence-electron chi connectivity index (χ3n) is 11.3. The highest BCUT2D eigenvalue weighted by molar-refractivity contribution is 6.22. The Kier molecular flexibility index (Phi) is 7.16. The Morgan fingerprint density at radius 3 is 1.67 bits per heavy atom. The Labute approximate surface area is 332 Å². The lowest BCUT2D eigenvalue weighted by atomic mass is 9.96. The number of fused-ring (bicyclic) bond motifs is 9. The van der Waals surface area contributed by atoms with Crippen molar-refractivity contribution in [3.05, 3.63) is 188 Å². The van der Waals surface area contributed by atoms with Crippen LogP contribution in [-0.4, -0.2) is 15.0 Å². The molecule has 5 nitrogen and oxygen atoms in total. The van der Waals surface area contributed by atoms with E-state index < -0.39 is 0 Å². The molecule has 3 aromatic heterocycles. The van der Waals surface area contributed by atoms with Gasteiger partial charge in [-0.15, -0.1) is 0 Å². The first-order valence-electron chi connectivity index (χ1n) is 19.4. The first-order valence-corrected chi connectivity index (χ1v) is 19.4. The fourth-order valence-corrected chi connectivity index (χ4v) is 8.44. The van der Waals surface area contributed by atoms with Gasteiger partial charge in [0, 0.05) is 38.2 Å². The molecule has 58 heavy (non-hydrogen) atoms. The lowest BCUT2D eigenvalue weighted by Gasteiger charge is -2.11. The zero-order valence-corrected chi connectivity index (χ0v) is 31.1. The number of furan rings is 2. The standard InChI is InChI=1S/C53H31N3O2/c1-2-11-35(12-3-1)51-54-52(39-24-26-42-41-15-8-9-17-46(41)57-48(42)30-39)56-53(55-51)44-31-49-50(43-16-7-6-14-40(43)44)45-29-38(25-27-47(45)58-49)34-20-18-33(19-21-34)37-23-22-32-10-4-5-13-36(32)28-37/h1-31H. The molecule has 12 rings (SSSR count). The summed E-state index contributed by atoms with van der Waals surface area (Å²) in [4.78, 5) is 15.3. The van der Waals surface area contributed by atoms with Gasteiger partial charge in [-0.1, -0.05) is 146 Å². The minimum absolute atomic E-state index is 0.566. The molecule has 0 aliphatic rings. The molecule has 12 aromatic rings. The molecule has 0 radical (unpaired) electrons. The van der Waals surface area contributed by atoms with Crippen LogP contribution < -0.4 is 0 Å². The molecule has 0 saturated carbocycles. The molecule has 0 aliphatic carbocycles. The van der Waals surface area contributed by atoms with Gasteiger partial charge in [-0.3, -0.25) is 0 Å². The van der Waals surface area contributed by atoms with Crippen LogP contribution in [0, 0.1) is 0 Å². The number of rotatable bonds is 5. The van der Waals surface area contributed by atoms with E-state index in [-0.39, 0.29) is 0 Å². The SMILES string of the molecule is c1ccc(-c2nc(-c3ccc4c(c3)oc3ccccc34)nc(-c3cc4oc5ccc(-c6ccc(-c7ccc8ccccc8c7)cc6)cc5c4c4ccccc34)n2)cc1. The maximum absolute atomic E-state index is 6.65. The third-order valence-corrected chi connectivity index (χ3v) is 11.3. The highest BCUT2D eigenvalue weighted by Gasteiger charge is 2.20. The van der Waals surface area contributed by atoms with Crippen molar-refractivity contribution in [1.29, 1.82) is 0 Å². The number of aromatic nitrogens is 3. The highest BCUT2D eigenvalue weighted by atomic mass is 16.3. The van der Waals surface area contributed by atoms with E-state index in [1.165, 1.54) is 21.9 Å². The quantitative estimate of drug-likeness (QED) is 0.176. The van der Waals surface area contributed by atoms with Gasteiger partial charge >= 0.3 is 0 Å². The van der Waals surface area contributed by atoms with E-state index in [1.807, 2.05) is 54.6 Å². The molecule has 0 fully saturated rings. The largest absolute Gasteiger partial charge is 0.456 e. The molecule has 0 spiro atoms. The van der Waals surface area contributed by atoms with Gasteiger partial charge in [0.25, 0.3) is 0 Å². The predicted molar refractivity (Wildman–Crippen MR) is 237 cm³/mol. The van der Waals surface area contributed by atoms with Gasteiger partial charge in [0.05, 0.1) is 0 Å². The van der Waals surface area contributed by atoms with Gasteiger partial charge in [-0.05, 0) is 86.3 Å². The Bertz CT molecular complexity index is 3570. The topological polar surface area (TPSA) is 65.0 Å². The van der Waals surface area contributed by atoms with E-state index in [1.54, 1.807) is 0 Å². The van der Waals surface area contributed by atoms with E-state index in [0.29, 0.717) is 17.5 Å². The van der Waals surface area contributed by atoms with Gasteiger partial charge in [0.1, 0.15) is 22.3 Å². The fourth-order valence-electron chi connectivity index (χ4n) is 8.44. The molecule has 0 atom stereocenters. The summed E-state index contributed by atoms with van der Waals surface area (Å²) < 4.78 is 12.9. The normalized spacial score (nSPS) is 11.8. The molecule has 9 aromatic carbocycles. The Morgan fingerprint density at radius 2 is 0.845 bits per heavy atom. The molecule has 5 heteroatoms. The van der Waals surface area contributed by atoms with Crippen molar-refractivity contribution in [3.63, 3.8) is 0 Å². The summed E-state index contributed by atoms with van der Waals surface area (Å²) in [5.41, 5.74) is 10.5. The zero-order chi connectivity index (χ0) is 38.2. The first kappa shape index (κ1) is 32.4. The molecule has 0 saturated heterocycles. The summed E-state index contributed by atoms with van der Waals surface area (Å²) in [7, 11) is 0. The molecule has 0 aliphatic heterocycles. The van der Waals surface area contributed by atoms with Crippen molar-refractivity contribution >= 4 is 65.4 Å². The molecule has 3 heterocycles. The van der Waals surface area contributed by atoms with Gasteiger partial charge in [-0.2, -0.15) is 0 Å². The third kappa shape index (κ3) is 5.29. The Balaban J connectivity index is 0.990. The van der Waals surface area contributed by atoms with Crippen LogP contribution in [0.3, 0.4) is 0 Å². The smallest absolute Gasteiger partial charge is 0.164 e. The van der Waals surface area contributed by atoms with Crippen LogP contribution in [-0.2, 0) is 0 Å². The maximum atomic E-state index is 6.65. The lowest BCUT2D eigenvalue weighted by Crippen LogP contribution is -2.00. The van der Waals surface area contributed by atoms with Gasteiger partial charge in [0.15, 0.2) is 17.5 Å². The second-order valence-electron chi connectivity index (χ2n) is 14.8. The molecule has 0 unspecified atom stereocenters. The van der Waals surface area contributed by atoms with Crippen LogP contribution in [0.4, 0.5) is 0 Å². The Morgan fingerprint density at radius 1 is 0.276 bits per heavy atom. The fraction of sp³-hybridized carbons (Fsp3) is 0. The lowest BCUT2D eigenvalue weighted by molar-refractivity contribution is 0.669. The molecule has 270 valence electrons. The minimum atomic E-state index is 0.566. The summed E-state index contributed by atoms with van der Waals surface area (Å²) in [6.45, 7) is 0. The number of nitrogens with zero attached hydrogens (tertiary/aromatic N) is 3. The molecular weight excluding hydrogens is 711 g/mol. The van der Waals surface area contributed by atoms with Gasteiger partial charge in [-0.25, -0.2) is 15.0 Å². The molecular formula is C53H31N3O2. The predicted octanol–water partition coefficient (Wildman–Crippen LogP) is 14.3. The van der Waals surface area contributed by atoms with Crippen LogP contribution in [0.15, 0.2) is 197 Å². The van der Waals surface area contributed by atoms with Gasteiger partial charge in [0.2, 0.25) is 0 Å². The molecule has 0 N–H and O–H groups in total. The number of para-hydroxylation sites is 1. The molecule has 0 bridgehead atoms. The van der Waals surface area contributed by atoms with Crippen molar-refractivity contribution in [1.82, 2.24) is 15.0 Å². The monoisotopic (exact) mass is 741 g/mol. The van der Waals surface area contributed by atoms with E-state index in [9.17, 15) is 0 Å². The van der Waals surface area contributed by atoms with E-state index in [4.69, 9.17) is 23.8 Å². The summed E-state index contributed by atoms with van der Waals surface area (Å²) >= 11 is 0. The van der Waals surface area contributed by atoms with Crippen LogP contribution in [0.1, 0.15) is 0 Å². The van der Waals surface area contributed by atoms with E-state index in [0.717, 1.165) is 82.5 Å². The van der Waals surface area contributed by atoms with Crippen molar-refractivity contribution in [2.24, 2.45) is 0 Å². The van der Waals surface area contributed by atoms with Crippen molar-refractivity contribution in [3.8, 4) is 56.4 Å². The van der Waals surface area contributed by atoms with Crippen molar-refractivity contribution in [2.75, 3.05) is 0 Å². The van der Waals surface area contributed by atoms with Crippen molar-refractivity contribution in [2.45, 2.75) is 0 Å². The summed E-state index contributed by atoms with van der Waals surface area (Å²) in [5.74, 6) is 1.73. The first-order chi connectivity index (χ1) is 28.7. The second-order valence-corrected chi connectivity index (χ2v) is 14.8. The highest BCUT2D eigenvalue weighted by Crippen LogP contribution is 2.41. The van der Waals surface area contributed by atoms with Crippen LogP contribution >= 0.6 is 0 Å². The van der Waals surface area contributed by atoms with E-state index in [2.05, 4.69) is 133 Å². The number of hydrogen-bond donors (Lipinski definition) is 0. The average molecular weight is 742 g/mol. The summed E-state index contributed by atoms with van der Waals surface area (Å²) in [5, 5.41) is 8.86. The van der Waals surface area contributed by atoms with Crippen LogP contribution in [0.25, 0.3) is 122 Å². The number of hydrogen-bond acceptors (Lipinski definition) is 5. The average Bonchev–Trinajstić information content (AvgIpc) is 3.86. The van der Waals surface area contributed by atoms with Gasteiger partial charge < -0.3 is 8.83 Å².